The molecule has 1 aromatic carbocycles. The summed E-state index contributed by atoms with van der Waals surface area (Å²) in [6.45, 7) is 2.23. The van der Waals surface area contributed by atoms with Gasteiger partial charge in [0.1, 0.15) is 6.10 Å². The summed E-state index contributed by atoms with van der Waals surface area (Å²) in [4.78, 5) is 11.9. The van der Waals surface area contributed by atoms with Gasteiger partial charge in [-0.25, -0.2) is 4.79 Å². The molecule has 1 saturated carbocycles. The molecule has 1 aliphatic carbocycles. The minimum atomic E-state index is -0.248. The Bertz CT molecular complexity index is 409. The van der Waals surface area contributed by atoms with Crippen molar-refractivity contribution in [2.75, 3.05) is 5.73 Å². The molecule has 1 aliphatic rings. The molecule has 2 N–H and O–H groups in total. The zero-order valence-electron chi connectivity index (χ0n) is 10.9. The summed E-state index contributed by atoms with van der Waals surface area (Å²) >= 11 is 0. The molecule has 0 atom stereocenters. The Morgan fingerprint density at radius 2 is 2.06 bits per heavy atom. The van der Waals surface area contributed by atoms with Crippen LogP contribution in [0.4, 0.5) is 5.69 Å². The van der Waals surface area contributed by atoms with Crippen LogP contribution in [0.2, 0.25) is 0 Å². The monoisotopic (exact) mass is 247 g/mol. The molecular weight excluding hydrogens is 226 g/mol. The Labute approximate surface area is 108 Å². The van der Waals surface area contributed by atoms with Crippen LogP contribution in [-0.2, 0) is 4.74 Å². The van der Waals surface area contributed by atoms with Crippen LogP contribution in [0.3, 0.4) is 0 Å². The average Bonchev–Trinajstić information content (AvgIpc) is 2.39. The van der Waals surface area contributed by atoms with E-state index in [0.29, 0.717) is 11.3 Å². The lowest BCUT2D eigenvalue weighted by Crippen LogP contribution is -2.24. The molecule has 0 aliphatic heterocycles. The van der Waals surface area contributed by atoms with Crippen molar-refractivity contribution in [1.29, 1.82) is 0 Å². The number of ether oxygens (including phenoxy) is 1. The third-order valence-corrected chi connectivity index (χ3v) is 3.77. The maximum Gasteiger partial charge on any atom is 0.338 e. The number of hydrogen-bond acceptors (Lipinski definition) is 3. The summed E-state index contributed by atoms with van der Waals surface area (Å²) in [7, 11) is 0. The van der Waals surface area contributed by atoms with Crippen LogP contribution in [0.1, 0.15) is 49.4 Å². The van der Waals surface area contributed by atoms with Crippen LogP contribution in [0.25, 0.3) is 0 Å². The molecule has 0 saturated heterocycles. The van der Waals surface area contributed by atoms with Crippen molar-refractivity contribution < 1.29 is 9.53 Å². The van der Waals surface area contributed by atoms with E-state index in [0.717, 1.165) is 18.8 Å². The fraction of sp³-hybridized carbons (Fsp3) is 0.533. The van der Waals surface area contributed by atoms with Gasteiger partial charge in [0.05, 0.1) is 5.56 Å². The predicted molar refractivity (Wildman–Crippen MR) is 72.3 cm³/mol. The van der Waals surface area contributed by atoms with Crippen molar-refractivity contribution in [3.8, 4) is 0 Å². The number of nitrogen functional groups attached to an aromatic ring is 1. The van der Waals surface area contributed by atoms with E-state index in [2.05, 4.69) is 6.92 Å². The summed E-state index contributed by atoms with van der Waals surface area (Å²) in [5, 5.41) is 0. The fourth-order valence-corrected chi connectivity index (χ4v) is 2.54. The first kappa shape index (κ1) is 12.9. The second-order valence-corrected chi connectivity index (χ2v) is 5.08. The lowest BCUT2D eigenvalue weighted by atomic mass is 9.86. The van der Waals surface area contributed by atoms with E-state index in [9.17, 15) is 4.79 Å². The summed E-state index contributed by atoms with van der Waals surface area (Å²) in [6.07, 6.45) is 5.65. The van der Waals surface area contributed by atoms with Gasteiger partial charge in [0.25, 0.3) is 0 Å². The van der Waals surface area contributed by atoms with E-state index in [4.69, 9.17) is 10.5 Å². The lowest BCUT2D eigenvalue weighted by molar-refractivity contribution is 0.0164. The first-order valence-corrected chi connectivity index (χ1v) is 6.75. The SMILES string of the molecule is CCC1CCC(OC(=O)c2cccc(N)c2)CC1. The van der Waals surface area contributed by atoms with E-state index in [-0.39, 0.29) is 12.1 Å². The standard InChI is InChI=1S/C15H21NO2/c1-2-11-6-8-14(9-7-11)18-15(17)12-4-3-5-13(16)10-12/h3-5,10-11,14H,2,6-9,16H2,1H3. The van der Waals surface area contributed by atoms with Crippen molar-refractivity contribution in [2.45, 2.75) is 45.1 Å². The van der Waals surface area contributed by atoms with Gasteiger partial charge in [-0.2, -0.15) is 0 Å². The van der Waals surface area contributed by atoms with Crippen LogP contribution in [0.5, 0.6) is 0 Å². The lowest BCUT2D eigenvalue weighted by Gasteiger charge is -2.27. The third kappa shape index (κ3) is 3.25. The zero-order valence-corrected chi connectivity index (χ0v) is 10.9. The first-order valence-electron chi connectivity index (χ1n) is 6.75. The molecule has 0 spiro atoms. The summed E-state index contributed by atoms with van der Waals surface area (Å²) in [5.41, 5.74) is 6.80. The van der Waals surface area contributed by atoms with Gasteiger partial charge in [0.2, 0.25) is 0 Å². The predicted octanol–water partition coefficient (Wildman–Crippen LogP) is 3.39. The van der Waals surface area contributed by atoms with E-state index >= 15 is 0 Å². The van der Waals surface area contributed by atoms with Gasteiger partial charge in [-0.3, -0.25) is 0 Å². The Morgan fingerprint density at radius 3 is 2.67 bits per heavy atom. The molecule has 0 bridgehead atoms. The van der Waals surface area contributed by atoms with Crippen LogP contribution < -0.4 is 5.73 Å². The number of carbonyl (C=O) groups is 1. The molecular formula is C15H21NO2. The van der Waals surface area contributed by atoms with Gasteiger partial charge in [0, 0.05) is 5.69 Å². The number of nitrogens with two attached hydrogens (primary N) is 1. The molecule has 3 heteroatoms. The Morgan fingerprint density at radius 1 is 1.33 bits per heavy atom. The van der Waals surface area contributed by atoms with Crippen LogP contribution in [0.15, 0.2) is 24.3 Å². The molecule has 0 amide bonds. The smallest absolute Gasteiger partial charge is 0.338 e. The minimum Gasteiger partial charge on any atom is -0.459 e. The van der Waals surface area contributed by atoms with Gasteiger partial charge in [-0.05, 0) is 49.8 Å². The summed E-state index contributed by atoms with van der Waals surface area (Å²) in [5.74, 6) is 0.564. The van der Waals surface area contributed by atoms with Crippen molar-refractivity contribution in [3.63, 3.8) is 0 Å². The average molecular weight is 247 g/mol. The molecule has 1 aromatic rings. The van der Waals surface area contributed by atoms with Crippen molar-refractivity contribution in [1.82, 2.24) is 0 Å². The van der Waals surface area contributed by atoms with Crippen molar-refractivity contribution in [2.24, 2.45) is 5.92 Å². The quantitative estimate of drug-likeness (QED) is 0.658. The molecule has 2 rings (SSSR count). The highest BCUT2D eigenvalue weighted by molar-refractivity contribution is 5.90. The Balaban J connectivity index is 1.89. The van der Waals surface area contributed by atoms with Gasteiger partial charge >= 0.3 is 5.97 Å². The maximum atomic E-state index is 11.9. The summed E-state index contributed by atoms with van der Waals surface area (Å²) < 4.78 is 5.53. The topological polar surface area (TPSA) is 52.3 Å². The number of hydrogen-bond donors (Lipinski definition) is 1. The highest BCUT2D eigenvalue weighted by atomic mass is 16.5. The highest BCUT2D eigenvalue weighted by Crippen LogP contribution is 2.28. The van der Waals surface area contributed by atoms with E-state index < -0.39 is 0 Å². The number of esters is 1. The van der Waals surface area contributed by atoms with Gasteiger partial charge in [0.15, 0.2) is 0 Å². The Kier molecular flexibility index (Phi) is 4.24. The van der Waals surface area contributed by atoms with Gasteiger partial charge in [-0.15, -0.1) is 0 Å². The zero-order chi connectivity index (χ0) is 13.0. The largest absolute Gasteiger partial charge is 0.459 e. The highest BCUT2D eigenvalue weighted by Gasteiger charge is 2.23. The molecule has 0 radical (unpaired) electrons. The number of carbonyl (C=O) groups excluding carboxylic acids is 1. The van der Waals surface area contributed by atoms with Crippen molar-refractivity contribution >= 4 is 11.7 Å². The fourth-order valence-electron chi connectivity index (χ4n) is 2.54. The van der Waals surface area contributed by atoms with Crippen molar-refractivity contribution in [3.05, 3.63) is 29.8 Å². The summed E-state index contributed by atoms with van der Waals surface area (Å²) in [6, 6.07) is 6.96. The second kappa shape index (κ2) is 5.89. The molecule has 0 unspecified atom stereocenters. The second-order valence-electron chi connectivity index (χ2n) is 5.08. The van der Waals surface area contributed by atoms with Crippen LogP contribution >= 0.6 is 0 Å². The van der Waals surface area contributed by atoms with E-state index in [1.807, 2.05) is 0 Å². The molecule has 0 aromatic heterocycles. The molecule has 1 fully saturated rings. The normalized spacial score (nSPS) is 23.6. The Hall–Kier alpha value is -1.51. The number of rotatable bonds is 3. The molecule has 0 heterocycles. The van der Waals surface area contributed by atoms with Gasteiger partial charge < -0.3 is 10.5 Å². The van der Waals surface area contributed by atoms with E-state index in [1.54, 1.807) is 24.3 Å². The third-order valence-electron chi connectivity index (χ3n) is 3.77. The first-order chi connectivity index (χ1) is 8.69. The minimum absolute atomic E-state index is 0.0849. The molecule has 3 nitrogen and oxygen atoms in total. The maximum absolute atomic E-state index is 11.9. The number of benzene rings is 1. The van der Waals surface area contributed by atoms with Gasteiger partial charge in [-0.1, -0.05) is 19.4 Å². The van der Waals surface area contributed by atoms with Crippen LogP contribution in [-0.4, -0.2) is 12.1 Å². The van der Waals surface area contributed by atoms with E-state index in [1.165, 1.54) is 19.3 Å². The number of anilines is 1. The molecule has 18 heavy (non-hydrogen) atoms. The van der Waals surface area contributed by atoms with Crippen LogP contribution in [0, 0.1) is 5.92 Å². The molecule has 98 valence electrons.